The normalized spacial score (nSPS) is 11.0. The summed E-state index contributed by atoms with van der Waals surface area (Å²) in [6.45, 7) is 3.06. The van der Waals surface area contributed by atoms with Gasteiger partial charge in [-0.15, -0.1) is 25.6 Å². The molecule has 0 aliphatic heterocycles. The average molecular weight is 352 g/mol. The van der Waals surface area contributed by atoms with Gasteiger partial charge in [0.15, 0.2) is 0 Å². The number of hydrogen-bond donors (Lipinski definition) is 1. The van der Waals surface area contributed by atoms with E-state index >= 15 is 0 Å². The highest BCUT2D eigenvalue weighted by Crippen LogP contribution is 2.35. The van der Waals surface area contributed by atoms with E-state index in [-0.39, 0.29) is 18.2 Å². The SMILES string of the molecule is CCOc1cc(OC(F)(F)F)ccc1-c1cnn(CCN)c1.Cl. The Bertz CT molecular complexity index is 632. The number of nitrogens with zero attached hydrogens (tertiary/aromatic N) is 2. The van der Waals surface area contributed by atoms with Crippen molar-refractivity contribution in [3.63, 3.8) is 0 Å². The van der Waals surface area contributed by atoms with Gasteiger partial charge in [0.25, 0.3) is 0 Å². The van der Waals surface area contributed by atoms with Crippen molar-refractivity contribution in [2.24, 2.45) is 5.73 Å². The fraction of sp³-hybridized carbons (Fsp3) is 0.357. The topological polar surface area (TPSA) is 62.3 Å². The highest BCUT2D eigenvalue weighted by atomic mass is 35.5. The van der Waals surface area contributed by atoms with Gasteiger partial charge in [0.1, 0.15) is 11.5 Å². The molecule has 0 aliphatic rings. The van der Waals surface area contributed by atoms with Crippen LogP contribution in [0, 0.1) is 0 Å². The summed E-state index contributed by atoms with van der Waals surface area (Å²) in [5.74, 6) is -0.0226. The first-order valence-corrected chi connectivity index (χ1v) is 6.68. The van der Waals surface area contributed by atoms with Gasteiger partial charge >= 0.3 is 6.36 Å². The van der Waals surface area contributed by atoms with Gasteiger partial charge in [-0.3, -0.25) is 4.68 Å². The van der Waals surface area contributed by atoms with Crippen molar-refractivity contribution in [1.82, 2.24) is 9.78 Å². The Kier molecular flexibility index (Phi) is 6.71. The number of ether oxygens (including phenoxy) is 2. The number of hydrogen-bond acceptors (Lipinski definition) is 4. The second-order valence-corrected chi connectivity index (χ2v) is 4.42. The molecule has 1 aromatic carbocycles. The lowest BCUT2D eigenvalue weighted by atomic mass is 10.1. The van der Waals surface area contributed by atoms with E-state index in [4.69, 9.17) is 10.5 Å². The van der Waals surface area contributed by atoms with E-state index in [0.29, 0.717) is 31.0 Å². The first-order chi connectivity index (χ1) is 10.4. The van der Waals surface area contributed by atoms with Crippen molar-refractivity contribution in [3.05, 3.63) is 30.6 Å². The Morgan fingerprint density at radius 2 is 2.04 bits per heavy atom. The molecule has 0 amide bonds. The maximum absolute atomic E-state index is 12.3. The van der Waals surface area contributed by atoms with Crippen LogP contribution < -0.4 is 15.2 Å². The molecule has 5 nitrogen and oxygen atoms in total. The van der Waals surface area contributed by atoms with E-state index in [9.17, 15) is 13.2 Å². The summed E-state index contributed by atoms with van der Waals surface area (Å²) in [6.07, 6.45) is -1.37. The number of alkyl halides is 3. The number of halogens is 4. The van der Waals surface area contributed by atoms with E-state index in [0.717, 1.165) is 5.56 Å². The van der Waals surface area contributed by atoms with Crippen LogP contribution in [0.3, 0.4) is 0 Å². The summed E-state index contributed by atoms with van der Waals surface area (Å²) < 4.78 is 47.8. The van der Waals surface area contributed by atoms with Gasteiger partial charge < -0.3 is 15.2 Å². The third-order valence-corrected chi connectivity index (χ3v) is 2.79. The predicted octanol–water partition coefficient (Wildman–Crippen LogP) is 3.23. The van der Waals surface area contributed by atoms with Crippen LogP contribution >= 0.6 is 12.4 Å². The van der Waals surface area contributed by atoms with Crippen LogP contribution in [0.15, 0.2) is 30.6 Å². The van der Waals surface area contributed by atoms with Crippen LogP contribution in [0.5, 0.6) is 11.5 Å². The van der Waals surface area contributed by atoms with Crippen molar-refractivity contribution in [2.45, 2.75) is 19.8 Å². The molecule has 9 heteroatoms. The first kappa shape index (κ1) is 19.1. The molecule has 0 saturated heterocycles. The minimum atomic E-state index is -4.74. The summed E-state index contributed by atoms with van der Waals surface area (Å²) in [6, 6.07) is 3.97. The molecule has 2 aromatic rings. The maximum Gasteiger partial charge on any atom is 0.573 e. The molecule has 2 N–H and O–H groups in total. The minimum Gasteiger partial charge on any atom is -0.493 e. The Morgan fingerprint density at radius 3 is 2.65 bits per heavy atom. The van der Waals surface area contributed by atoms with Gasteiger partial charge in [0.2, 0.25) is 0 Å². The second kappa shape index (κ2) is 8.07. The first-order valence-electron chi connectivity index (χ1n) is 6.68. The van der Waals surface area contributed by atoms with Crippen LogP contribution in [0.25, 0.3) is 11.1 Å². The lowest BCUT2D eigenvalue weighted by molar-refractivity contribution is -0.274. The van der Waals surface area contributed by atoms with Crippen molar-refractivity contribution in [2.75, 3.05) is 13.2 Å². The standard InChI is InChI=1S/C14H16F3N3O2.ClH/c1-2-21-13-7-11(22-14(15,16)17)3-4-12(13)10-8-19-20(9-10)6-5-18;/h3-4,7-9H,2,5-6,18H2,1H3;1H. The van der Waals surface area contributed by atoms with Crippen LogP contribution in [-0.4, -0.2) is 29.3 Å². The number of aromatic nitrogens is 2. The fourth-order valence-corrected chi connectivity index (χ4v) is 1.97. The zero-order valence-corrected chi connectivity index (χ0v) is 13.2. The summed E-state index contributed by atoms with van der Waals surface area (Å²) in [5, 5.41) is 4.14. The van der Waals surface area contributed by atoms with E-state index in [1.165, 1.54) is 18.2 Å². The quantitative estimate of drug-likeness (QED) is 0.868. The summed E-state index contributed by atoms with van der Waals surface area (Å²) in [4.78, 5) is 0. The highest BCUT2D eigenvalue weighted by Gasteiger charge is 2.31. The number of benzene rings is 1. The lowest BCUT2D eigenvalue weighted by Gasteiger charge is -2.13. The molecule has 0 radical (unpaired) electrons. The molecular weight excluding hydrogens is 335 g/mol. The van der Waals surface area contributed by atoms with Gasteiger partial charge in [0.05, 0.1) is 19.3 Å². The summed E-state index contributed by atoms with van der Waals surface area (Å²) in [7, 11) is 0. The van der Waals surface area contributed by atoms with Gasteiger partial charge in [-0.2, -0.15) is 5.10 Å². The molecule has 0 bridgehead atoms. The van der Waals surface area contributed by atoms with Gasteiger partial charge in [0, 0.05) is 29.9 Å². The van der Waals surface area contributed by atoms with Crippen molar-refractivity contribution in [3.8, 4) is 22.6 Å². The zero-order valence-electron chi connectivity index (χ0n) is 12.3. The van der Waals surface area contributed by atoms with Gasteiger partial charge in [-0.1, -0.05) is 0 Å². The molecule has 1 heterocycles. The van der Waals surface area contributed by atoms with Crippen molar-refractivity contribution < 1.29 is 22.6 Å². The third-order valence-electron chi connectivity index (χ3n) is 2.79. The molecule has 0 atom stereocenters. The molecule has 1 aromatic heterocycles. The van der Waals surface area contributed by atoms with E-state index in [2.05, 4.69) is 9.84 Å². The Labute approximate surface area is 137 Å². The predicted molar refractivity (Wildman–Crippen MR) is 81.8 cm³/mol. The van der Waals surface area contributed by atoms with E-state index in [1.807, 2.05) is 0 Å². The number of nitrogens with two attached hydrogens (primary N) is 1. The minimum absolute atomic E-state index is 0. The monoisotopic (exact) mass is 351 g/mol. The fourth-order valence-electron chi connectivity index (χ4n) is 1.97. The largest absolute Gasteiger partial charge is 0.573 e. The van der Waals surface area contributed by atoms with Crippen LogP contribution in [0.1, 0.15) is 6.92 Å². The molecular formula is C14H17ClF3N3O2. The van der Waals surface area contributed by atoms with Crippen LogP contribution in [-0.2, 0) is 6.54 Å². The molecule has 0 spiro atoms. The molecule has 0 unspecified atom stereocenters. The maximum atomic E-state index is 12.3. The van der Waals surface area contributed by atoms with E-state index in [1.54, 1.807) is 24.0 Å². The summed E-state index contributed by atoms with van der Waals surface area (Å²) >= 11 is 0. The second-order valence-electron chi connectivity index (χ2n) is 4.42. The Morgan fingerprint density at radius 1 is 1.30 bits per heavy atom. The van der Waals surface area contributed by atoms with Crippen LogP contribution in [0.2, 0.25) is 0 Å². The van der Waals surface area contributed by atoms with Gasteiger partial charge in [-0.25, -0.2) is 0 Å². The van der Waals surface area contributed by atoms with E-state index < -0.39 is 6.36 Å². The molecule has 0 aliphatic carbocycles. The van der Waals surface area contributed by atoms with Crippen molar-refractivity contribution >= 4 is 12.4 Å². The molecule has 2 rings (SSSR count). The Balaban J connectivity index is 0.00000264. The highest BCUT2D eigenvalue weighted by molar-refractivity contribution is 5.85. The summed E-state index contributed by atoms with van der Waals surface area (Å²) in [5.41, 5.74) is 6.83. The molecule has 0 saturated carbocycles. The molecule has 128 valence electrons. The third kappa shape index (κ3) is 5.33. The lowest BCUT2D eigenvalue weighted by Crippen LogP contribution is -2.17. The Hall–Kier alpha value is -1.93. The zero-order chi connectivity index (χ0) is 16.2. The van der Waals surface area contributed by atoms with Crippen molar-refractivity contribution in [1.29, 1.82) is 0 Å². The number of rotatable bonds is 6. The van der Waals surface area contributed by atoms with Gasteiger partial charge in [-0.05, 0) is 19.1 Å². The smallest absolute Gasteiger partial charge is 0.493 e. The molecule has 23 heavy (non-hydrogen) atoms. The molecule has 0 fully saturated rings. The van der Waals surface area contributed by atoms with Crippen LogP contribution in [0.4, 0.5) is 13.2 Å². The average Bonchev–Trinajstić information content (AvgIpc) is 2.86.